The lowest BCUT2D eigenvalue weighted by atomic mass is 10.0. The van der Waals surface area contributed by atoms with Crippen LogP contribution in [-0.4, -0.2) is 40.3 Å². The number of benzene rings is 1. The summed E-state index contributed by atoms with van der Waals surface area (Å²) in [4.78, 5) is 6.21. The maximum absolute atomic E-state index is 13.2. The van der Waals surface area contributed by atoms with Crippen molar-refractivity contribution in [3.05, 3.63) is 60.8 Å². The zero-order valence-corrected chi connectivity index (χ0v) is 13.3. The number of hydrogen-bond acceptors (Lipinski definition) is 3. The van der Waals surface area contributed by atoms with Crippen LogP contribution in [0.4, 0.5) is 4.39 Å². The molecule has 0 radical (unpaired) electrons. The molecule has 2 heterocycles. The van der Waals surface area contributed by atoms with Gasteiger partial charge in [0.2, 0.25) is 0 Å². The molecule has 0 saturated carbocycles. The van der Waals surface area contributed by atoms with Gasteiger partial charge in [-0.3, -0.25) is 9.67 Å². The minimum absolute atomic E-state index is 0.237. The summed E-state index contributed by atoms with van der Waals surface area (Å²) in [5.41, 5.74) is 4.03. The highest BCUT2D eigenvalue weighted by molar-refractivity contribution is 5.80. The van der Waals surface area contributed by atoms with Crippen molar-refractivity contribution >= 4 is 0 Å². The summed E-state index contributed by atoms with van der Waals surface area (Å²) >= 11 is 0. The number of rotatable bonds is 5. The Morgan fingerprint density at radius 2 is 1.70 bits per heavy atom. The molecule has 0 aliphatic heterocycles. The highest BCUT2D eigenvalue weighted by atomic mass is 19.1. The Bertz CT molecular complexity index is 763. The van der Waals surface area contributed by atoms with E-state index in [9.17, 15) is 4.39 Å². The molecular formula is C18H19FN4. The third kappa shape index (κ3) is 3.46. The van der Waals surface area contributed by atoms with Gasteiger partial charge in [0.25, 0.3) is 0 Å². The predicted molar refractivity (Wildman–Crippen MR) is 89.4 cm³/mol. The van der Waals surface area contributed by atoms with Gasteiger partial charge in [-0.2, -0.15) is 5.10 Å². The molecule has 5 heteroatoms. The molecule has 0 N–H and O–H groups in total. The van der Waals surface area contributed by atoms with Gasteiger partial charge in [-0.1, -0.05) is 12.1 Å². The van der Waals surface area contributed by atoms with E-state index in [0.29, 0.717) is 0 Å². The Morgan fingerprint density at radius 1 is 1.00 bits per heavy atom. The molecule has 3 rings (SSSR count). The Kier molecular flexibility index (Phi) is 4.48. The van der Waals surface area contributed by atoms with Gasteiger partial charge < -0.3 is 4.90 Å². The van der Waals surface area contributed by atoms with Crippen molar-refractivity contribution in [2.24, 2.45) is 0 Å². The molecule has 0 amide bonds. The molecule has 0 aliphatic rings. The zero-order chi connectivity index (χ0) is 16.2. The molecule has 2 aromatic heterocycles. The summed E-state index contributed by atoms with van der Waals surface area (Å²) in [5.74, 6) is -0.237. The third-order valence-electron chi connectivity index (χ3n) is 3.71. The van der Waals surface area contributed by atoms with Crippen molar-refractivity contribution in [1.82, 2.24) is 19.7 Å². The van der Waals surface area contributed by atoms with E-state index >= 15 is 0 Å². The number of pyridine rings is 1. The van der Waals surface area contributed by atoms with E-state index in [4.69, 9.17) is 0 Å². The first-order valence-corrected chi connectivity index (χ1v) is 7.52. The molecule has 4 nitrogen and oxygen atoms in total. The van der Waals surface area contributed by atoms with Crippen LogP contribution in [0.5, 0.6) is 0 Å². The van der Waals surface area contributed by atoms with Crippen molar-refractivity contribution in [2.45, 2.75) is 6.54 Å². The molecule has 0 atom stereocenters. The summed E-state index contributed by atoms with van der Waals surface area (Å²) in [6.45, 7) is 1.68. The van der Waals surface area contributed by atoms with Crippen LogP contribution in [-0.2, 0) is 6.54 Å². The standard InChI is InChI=1S/C18H19FN4/c1-22(2)11-12-23-18(15-7-9-20-10-8-15)17(13-21-23)14-3-5-16(19)6-4-14/h3-10,13H,11-12H2,1-2H3. The highest BCUT2D eigenvalue weighted by Gasteiger charge is 2.14. The largest absolute Gasteiger partial charge is 0.308 e. The van der Waals surface area contributed by atoms with E-state index in [1.165, 1.54) is 12.1 Å². The quantitative estimate of drug-likeness (QED) is 0.725. The lowest BCUT2D eigenvalue weighted by Crippen LogP contribution is -2.19. The van der Waals surface area contributed by atoms with Crippen molar-refractivity contribution in [1.29, 1.82) is 0 Å². The second-order valence-electron chi connectivity index (χ2n) is 5.68. The summed E-state index contributed by atoms with van der Waals surface area (Å²) in [6.07, 6.45) is 5.39. The van der Waals surface area contributed by atoms with Crippen molar-refractivity contribution in [2.75, 3.05) is 20.6 Å². The lowest BCUT2D eigenvalue weighted by Gasteiger charge is -2.13. The minimum atomic E-state index is -0.237. The van der Waals surface area contributed by atoms with Crippen molar-refractivity contribution < 1.29 is 4.39 Å². The van der Waals surface area contributed by atoms with Crippen LogP contribution >= 0.6 is 0 Å². The Balaban J connectivity index is 2.07. The third-order valence-corrected chi connectivity index (χ3v) is 3.71. The van der Waals surface area contributed by atoms with Crippen LogP contribution < -0.4 is 0 Å². The van der Waals surface area contributed by atoms with E-state index in [0.717, 1.165) is 35.5 Å². The molecule has 0 saturated heterocycles. The first-order chi connectivity index (χ1) is 11.1. The summed E-state index contributed by atoms with van der Waals surface area (Å²) in [7, 11) is 4.08. The summed E-state index contributed by atoms with van der Waals surface area (Å²) < 4.78 is 15.2. The molecule has 0 fully saturated rings. The molecule has 0 aliphatic carbocycles. The Morgan fingerprint density at radius 3 is 2.35 bits per heavy atom. The average Bonchev–Trinajstić information content (AvgIpc) is 2.98. The second kappa shape index (κ2) is 6.71. The van der Waals surface area contributed by atoms with Gasteiger partial charge in [0, 0.05) is 30.1 Å². The second-order valence-corrected chi connectivity index (χ2v) is 5.68. The Labute approximate surface area is 135 Å². The van der Waals surface area contributed by atoms with E-state index in [-0.39, 0.29) is 5.82 Å². The fraction of sp³-hybridized carbons (Fsp3) is 0.222. The van der Waals surface area contributed by atoms with Gasteiger partial charge >= 0.3 is 0 Å². The van der Waals surface area contributed by atoms with Gasteiger partial charge in [0.1, 0.15) is 5.82 Å². The normalized spacial score (nSPS) is 11.1. The molecule has 0 unspecified atom stereocenters. The monoisotopic (exact) mass is 310 g/mol. The smallest absolute Gasteiger partial charge is 0.123 e. The minimum Gasteiger partial charge on any atom is -0.308 e. The van der Waals surface area contributed by atoms with Crippen molar-refractivity contribution in [3.8, 4) is 22.4 Å². The van der Waals surface area contributed by atoms with Gasteiger partial charge in [-0.25, -0.2) is 4.39 Å². The summed E-state index contributed by atoms with van der Waals surface area (Å²) in [5, 5.41) is 4.54. The zero-order valence-electron chi connectivity index (χ0n) is 13.3. The van der Waals surface area contributed by atoms with Gasteiger partial charge in [-0.05, 0) is 43.9 Å². The van der Waals surface area contributed by atoms with Gasteiger partial charge in [-0.15, -0.1) is 0 Å². The van der Waals surface area contributed by atoms with Crippen LogP contribution in [0, 0.1) is 5.82 Å². The number of hydrogen-bond donors (Lipinski definition) is 0. The molecule has 23 heavy (non-hydrogen) atoms. The predicted octanol–water partition coefficient (Wildman–Crippen LogP) is 3.31. The molecule has 0 spiro atoms. The van der Waals surface area contributed by atoms with E-state index in [1.807, 2.05) is 37.1 Å². The number of halogens is 1. The molecular weight excluding hydrogens is 291 g/mol. The number of likely N-dealkylation sites (N-methyl/N-ethyl adjacent to an activating group) is 1. The fourth-order valence-corrected chi connectivity index (χ4v) is 2.50. The van der Waals surface area contributed by atoms with Gasteiger partial charge in [0.05, 0.1) is 18.4 Å². The molecule has 3 aromatic rings. The van der Waals surface area contributed by atoms with Crippen LogP contribution in [0.2, 0.25) is 0 Å². The van der Waals surface area contributed by atoms with E-state index < -0.39 is 0 Å². The lowest BCUT2D eigenvalue weighted by molar-refractivity contribution is 0.374. The topological polar surface area (TPSA) is 34.0 Å². The highest BCUT2D eigenvalue weighted by Crippen LogP contribution is 2.31. The van der Waals surface area contributed by atoms with Crippen LogP contribution in [0.1, 0.15) is 0 Å². The maximum Gasteiger partial charge on any atom is 0.123 e. The van der Waals surface area contributed by atoms with Gasteiger partial charge in [0.15, 0.2) is 0 Å². The van der Waals surface area contributed by atoms with Crippen LogP contribution in [0.15, 0.2) is 55.0 Å². The first-order valence-electron chi connectivity index (χ1n) is 7.52. The molecule has 1 aromatic carbocycles. The number of aromatic nitrogens is 3. The number of nitrogens with zero attached hydrogens (tertiary/aromatic N) is 4. The first kappa shape index (κ1) is 15.4. The SMILES string of the molecule is CN(C)CCn1ncc(-c2ccc(F)cc2)c1-c1ccncc1. The molecule has 118 valence electrons. The van der Waals surface area contributed by atoms with Crippen molar-refractivity contribution in [3.63, 3.8) is 0 Å². The average molecular weight is 310 g/mol. The Hall–Kier alpha value is -2.53. The summed E-state index contributed by atoms with van der Waals surface area (Å²) in [6, 6.07) is 10.5. The fourth-order valence-electron chi connectivity index (χ4n) is 2.50. The van der Waals surface area contributed by atoms with Crippen LogP contribution in [0.25, 0.3) is 22.4 Å². The molecule has 0 bridgehead atoms. The maximum atomic E-state index is 13.2. The van der Waals surface area contributed by atoms with E-state index in [1.54, 1.807) is 24.5 Å². The van der Waals surface area contributed by atoms with E-state index in [2.05, 4.69) is 15.0 Å². The van der Waals surface area contributed by atoms with Crippen LogP contribution in [0.3, 0.4) is 0 Å².